The molecule has 3 heterocycles. The summed E-state index contributed by atoms with van der Waals surface area (Å²) in [7, 11) is 0. The number of carbonyl (C=O) groups is 1. The maximum atomic E-state index is 12.5. The fourth-order valence-corrected chi connectivity index (χ4v) is 4.99. The lowest BCUT2D eigenvalue weighted by Gasteiger charge is -2.30. The second-order valence-corrected chi connectivity index (χ2v) is 10.1. The van der Waals surface area contributed by atoms with Crippen LogP contribution in [0.15, 0.2) is 24.4 Å². The van der Waals surface area contributed by atoms with Crippen LogP contribution < -0.4 is 5.32 Å². The number of hydrogen-bond acceptors (Lipinski definition) is 6. The van der Waals surface area contributed by atoms with Crippen molar-refractivity contribution in [3.63, 3.8) is 0 Å². The van der Waals surface area contributed by atoms with E-state index in [1.54, 1.807) is 23.2 Å². The van der Waals surface area contributed by atoms with Crippen molar-refractivity contribution in [3.8, 4) is 6.07 Å². The molecule has 0 saturated heterocycles. The smallest absolute Gasteiger partial charge is 0.410 e. The van der Waals surface area contributed by atoms with Crippen LogP contribution in [0.2, 0.25) is 10.0 Å². The van der Waals surface area contributed by atoms with E-state index < -0.39 is 5.60 Å². The van der Waals surface area contributed by atoms with Gasteiger partial charge in [0.25, 0.3) is 0 Å². The molecule has 1 aliphatic rings. The van der Waals surface area contributed by atoms with Crippen molar-refractivity contribution < 1.29 is 9.53 Å². The molecule has 0 bridgehead atoms. The van der Waals surface area contributed by atoms with Gasteiger partial charge in [-0.3, -0.25) is 0 Å². The molecular formula is C22H20Cl2N4O2S. The Balaban J connectivity index is 1.73. The molecule has 0 aliphatic carbocycles. The van der Waals surface area contributed by atoms with Gasteiger partial charge >= 0.3 is 6.09 Å². The standard InChI is InChI=1S/C22H20Cl2N4O2S/c1-22(2,3)30-21(29)28-7-6-14-17(11-28)31-20-18(14)19(12(9-25)10-26-20)27-13-4-5-15(23)16(24)8-13/h4-5,8,10H,6-7,11H2,1-3H3,(H,26,27). The van der Waals surface area contributed by atoms with E-state index in [9.17, 15) is 10.1 Å². The van der Waals surface area contributed by atoms with Gasteiger partial charge < -0.3 is 15.0 Å². The Morgan fingerprint density at radius 1 is 1.32 bits per heavy atom. The van der Waals surface area contributed by atoms with Gasteiger partial charge in [-0.25, -0.2) is 9.78 Å². The predicted octanol–water partition coefficient (Wildman–Crippen LogP) is 6.51. The molecule has 31 heavy (non-hydrogen) atoms. The van der Waals surface area contributed by atoms with Crippen LogP contribution in [0.1, 0.15) is 36.8 Å². The third kappa shape index (κ3) is 4.42. The lowest BCUT2D eigenvalue weighted by molar-refractivity contribution is 0.0227. The number of fused-ring (bicyclic) bond motifs is 3. The van der Waals surface area contributed by atoms with E-state index in [1.807, 2.05) is 26.8 Å². The lowest BCUT2D eigenvalue weighted by atomic mass is 10.0. The normalized spacial score (nSPS) is 13.6. The molecule has 160 valence electrons. The van der Waals surface area contributed by atoms with Crippen LogP contribution in [-0.2, 0) is 17.7 Å². The number of ether oxygens (including phenoxy) is 1. The highest BCUT2D eigenvalue weighted by Gasteiger charge is 2.29. The van der Waals surface area contributed by atoms with Crippen LogP contribution >= 0.6 is 34.5 Å². The number of benzene rings is 1. The first kappa shape index (κ1) is 21.7. The van der Waals surface area contributed by atoms with Gasteiger partial charge in [0, 0.05) is 28.7 Å². The second-order valence-electron chi connectivity index (χ2n) is 8.25. The van der Waals surface area contributed by atoms with Gasteiger partial charge in [0.1, 0.15) is 16.5 Å². The van der Waals surface area contributed by atoms with E-state index >= 15 is 0 Å². The first-order valence-corrected chi connectivity index (χ1v) is 11.3. The number of aromatic nitrogens is 1. The summed E-state index contributed by atoms with van der Waals surface area (Å²) in [6.45, 7) is 6.56. The third-order valence-corrected chi connectivity index (χ3v) is 6.69. The molecule has 1 N–H and O–H groups in total. The predicted molar refractivity (Wildman–Crippen MR) is 124 cm³/mol. The van der Waals surface area contributed by atoms with E-state index in [-0.39, 0.29) is 6.09 Å². The van der Waals surface area contributed by atoms with Crippen molar-refractivity contribution in [3.05, 3.63) is 50.4 Å². The molecule has 0 fully saturated rings. The molecule has 1 aliphatic heterocycles. The molecular weight excluding hydrogens is 455 g/mol. The highest BCUT2D eigenvalue weighted by atomic mass is 35.5. The summed E-state index contributed by atoms with van der Waals surface area (Å²) in [6.07, 6.45) is 1.90. The van der Waals surface area contributed by atoms with Crippen molar-refractivity contribution in [2.24, 2.45) is 0 Å². The van der Waals surface area contributed by atoms with Crippen molar-refractivity contribution in [1.82, 2.24) is 9.88 Å². The molecule has 0 atom stereocenters. The lowest BCUT2D eigenvalue weighted by Crippen LogP contribution is -2.39. The number of halogens is 2. The molecule has 0 saturated carbocycles. The minimum atomic E-state index is -0.544. The van der Waals surface area contributed by atoms with Gasteiger partial charge in [-0.15, -0.1) is 11.3 Å². The highest BCUT2D eigenvalue weighted by Crippen LogP contribution is 2.41. The van der Waals surface area contributed by atoms with Crippen LogP contribution in [0.25, 0.3) is 10.2 Å². The number of rotatable bonds is 2. The van der Waals surface area contributed by atoms with Gasteiger partial charge in [0.15, 0.2) is 0 Å². The zero-order valence-electron chi connectivity index (χ0n) is 17.3. The van der Waals surface area contributed by atoms with E-state index in [4.69, 9.17) is 27.9 Å². The number of carbonyl (C=O) groups excluding carboxylic acids is 1. The molecule has 6 nitrogen and oxygen atoms in total. The van der Waals surface area contributed by atoms with Gasteiger partial charge in [-0.2, -0.15) is 5.26 Å². The van der Waals surface area contributed by atoms with Gasteiger partial charge in [0.2, 0.25) is 0 Å². The fourth-order valence-electron chi connectivity index (χ4n) is 3.48. The maximum absolute atomic E-state index is 12.5. The van der Waals surface area contributed by atoms with Gasteiger partial charge in [-0.05, 0) is 51.0 Å². The molecule has 3 aromatic rings. The number of nitriles is 1. The van der Waals surface area contributed by atoms with Crippen LogP contribution in [-0.4, -0.2) is 28.1 Å². The number of pyridine rings is 1. The average Bonchev–Trinajstić information content (AvgIpc) is 3.07. The fraction of sp³-hybridized carbons (Fsp3) is 0.318. The number of anilines is 2. The molecule has 1 amide bonds. The van der Waals surface area contributed by atoms with Crippen molar-refractivity contribution in [1.29, 1.82) is 5.26 Å². The average molecular weight is 475 g/mol. The molecule has 1 aromatic carbocycles. The number of hydrogen-bond donors (Lipinski definition) is 1. The molecule has 2 aromatic heterocycles. The highest BCUT2D eigenvalue weighted by molar-refractivity contribution is 7.19. The molecule has 4 rings (SSSR count). The summed E-state index contributed by atoms with van der Waals surface area (Å²) in [5.41, 5.74) is 2.41. The summed E-state index contributed by atoms with van der Waals surface area (Å²) >= 11 is 13.7. The van der Waals surface area contributed by atoms with E-state index in [0.717, 1.165) is 26.3 Å². The van der Waals surface area contributed by atoms with Gasteiger partial charge in [-0.1, -0.05) is 23.2 Å². The quantitative estimate of drug-likeness (QED) is 0.457. The van der Waals surface area contributed by atoms with E-state index in [2.05, 4.69) is 16.4 Å². The van der Waals surface area contributed by atoms with E-state index in [1.165, 1.54) is 11.3 Å². The molecule has 0 unspecified atom stereocenters. The Morgan fingerprint density at radius 3 is 2.77 bits per heavy atom. The Hall–Kier alpha value is -2.53. The van der Waals surface area contributed by atoms with E-state index in [0.29, 0.717) is 40.8 Å². The molecule has 9 heteroatoms. The monoisotopic (exact) mass is 474 g/mol. The SMILES string of the molecule is CC(C)(C)OC(=O)N1CCc2c(sc3ncc(C#N)c(Nc4ccc(Cl)c(Cl)c4)c23)C1. The van der Waals surface area contributed by atoms with Crippen LogP contribution in [0.3, 0.4) is 0 Å². The Kier molecular flexibility index (Phi) is 5.73. The largest absolute Gasteiger partial charge is 0.444 e. The zero-order valence-corrected chi connectivity index (χ0v) is 19.6. The number of thiophene rings is 1. The zero-order chi connectivity index (χ0) is 22.3. The maximum Gasteiger partial charge on any atom is 0.410 e. The van der Waals surface area contributed by atoms with Gasteiger partial charge in [0.05, 0.1) is 27.8 Å². The molecule has 0 spiro atoms. The Labute approximate surface area is 194 Å². The summed E-state index contributed by atoms with van der Waals surface area (Å²) in [5, 5.41) is 14.8. The molecule has 0 radical (unpaired) electrons. The summed E-state index contributed by atoms with van der Waals surface area (Å²) in [6, 6.07) is 7.46. The van der Waals surface area contributed by atoms with Crippen molar-refractivity contribution in [2.45, 2.75) is 39.3 Å². The minimum absolute atomic E-state index is 0.324. The van der Waals surface area contributed by atoms with Crippen LogP contribution in [0.5, 0.6) is 0 Å². The number of amides is 1. The second kappa shape index (κ2) is 8.19. The van der Waals surface area contributed by atoms with Crippen molar-refractivity contribution in [2.75, 3.05) is 11.9 Å². The Morgan fingerprint density at radius 2 is 2.10 bits per heavy atom. The summed E-state index contributed by atoms with van der Waals surface area (Å²) in [5.74, 6) is 0. The summed E-state index contributed by atoms with van der Waals surface area (Å²) < 4.78 is 5.52. The third-order valence-electron chi connectivity index (χ3n) is 4.83. The number of nitrogens with one attached hydrogen (secondary N) is 1. The van der Waals surface area contributed by atoms with Crippen LogP contribution in [0.4, 0.5) is 16.2 Å². The number of nitrogens with zero attached hydrogens (tertiary/aromatic N) is 3. The summed E-state index contributed by atoms with van der Waals surface area (Å²) in [4.78, 5) is 20.6. The van der Waals surface area contributed by atoms with Crippen LogP contribution in [0, 0.1) is 11.3 Å². The van der Waals surface area contributed by atoms with Crippen molar-refractivity contribution >= 4 is 62.2 Å². The minimum Gasteiger partial charge on any atom is -0.444 e. The first-order chi connectivity index (χ1) is 14.7. The Bertz CT molecular complexity index is 1230. The topological polar surface area (TPSA) is 78.2 Å². The first-order valence-electron chi connectivity index (χ1n) is 9.69.